The van der Waals surface area contributed by atoms with E-state index in [2.05, 4.69) is 0 Å². The number of hydrogen-bond donors (Lipinski definition) is 1. The highest BCUT2D eigenvalue weighted by atomic mass is 16.5. The van der Waals surface area contributed by atoms with Gasteiger partial charge in [0.1, 0.15) is 0 Å². The van der Waals surface area contributed by atoms with Crippen LogP contribution in [0, 0.1) is 5.41 Å². The van der Waals surface area contributed by atoms with E-state index in [0.717, 1.165) is 0 Å². The van der Waals surface area contributed by atoms with Gasteiger partial charge in [-0.05, 0) is 0 Å². The summed E-state index contributed by atoms with van der Waals surface area (Å²) in [6, 6.07) is 0. The number of hydrogen-bond acceptors (Lipinski definition) is 4. The Morgan fingerprint density at radius 2 is 2.08 bits per heavy atom. The van der Waals surface area contributed by atoms with Crippen molar-refractivity contribution < 1.29 is 19.4 Å². The number of ketones is 2. The normalized spacial score (nSPS) is 19.8. The number of aliphatic hydroxyl groups is 1. The molecule has 0 saturated carbocycles. The maximum atomic E-state index is 11.0. The van der Waals surface area contributed by atoms with E-state index in [0.29, 0.717) is 13.2 Å². The minimum absolute atomic E-state index is 0.0913. The minimum atomic E-state index is -0.469. The van der Waals surface area contributed by atoms with Crippen molar-refractivity contribution in [2.45, 2.75) is 13.3 Å². The third kappa shape index (κ3) is 1.70. The van der Waals surface area contributed by atoms with E-state index < -0.39 is 17.0 Å². The molecule has 1 aliphatic rings. The van der Waals surface area contributed by atoms with Crippen molar-refractivity contribution in [2.24, 2.45) is 5.41 Å². The van der Waals surface area contributed by atoms with Gasteiger partial charge in [0, 0.05) is 18.8 Å². The SMILES string of the molecule is CC(=O)C(=O)CC1(CO)COC1. The summed E-state index contributed by atoms with van der Waals surface area (Å²) in [5.74, 6) is -0.873. The van der Waals surface area contributed by atoms with Gasteiger partial charge in [-0.3, -0.25) is 9.59 Å². The summed E-state index contributed by atoms with van der Waals surface area (Å²) in [5.41, 5.74) is -0.469. The van der Waals surface area contributed by atoms with Crippen LogP contribution in [0.5, 0.6) is 0 Å². The predicted molar refractivity (Wildman–Crippen MR) is 40.6 cm³/mol. The first-order valence-electron chi connectivity index (χ1n) is 3.82. The van der Waals surface area contributed by atoms with Gasteiger partial charge in [-0.1, -0.05) is 0 Å². The molecule has 1 rings (SSSR count). The smallest absolute Gasteiger partial charge is 0.198 e. The first kappa shape index (κ1) is 9.35. The van der Waals surface area contributed by atoms with Crippen molar-refractivity contribution in [3.63, 3.8) is 0 Å². The Bertz CT molecular complexity index is 200. The second-order valence-electron chi connectivity index (χ2n) is 3.31. The van der Waals surface area contributed by atoms with Crippen LogP contribution in [-0.2, 0) is 14.3 Å². The van der Waals surface area contributed by atoms with Gasteiger partial charge in [0.15, 0.2) is 11.6 Å². The maximum absolute atomic E-state index is 11.0. The zero-order valence-electron chi connectivity index (χ0n) is 7.00. The van der Waals surface area contributed by atoms with Gasteiger partial charge in [-0.15, -0.1) is 0 Å². The number of carbonyl (C=O) groups is 2. The van der Waals surface area contributed by atoms with E-state index in [9.17, 15) is 9.59 Å². The molecule has 0 aromatic heterocycles. The Hall–Kier alpha value is -0.740. The molecule has 1 N–H and O–H groups in total. The summed E-state index contributed by atoms with van der Waals surface area (Å²) in [6.45, 7) is 1.91. The molecule has 12 heavy (non-hydrogen) atoms. The fourth-order valence-electron chi connectivity index (χ4n) is 1.11. The highest BCUT2D eigenvalue weighted by Crippen LogP contribution is 2.30. The van der Waals surface area contributed by atoms with Crippen molar-refractivity contribution >= 4 is 11.6 Å². The molecule has 0 amide bonds. The van der Waals surface area contributed by atoms with E-state index in [-0.39, 0.29) is 13.0 Å². The first-order chi connectivity index (χ1) is 5.59. The van der Waals surface area contributed by atoms with Crippen LogP contribution in [0.4, 0.5) is 0 Å². The molecule has 0 aromatic carbocycles. The van der Waals surface area contributed by atoms with Gasteiger partial charge in [-0.2, -0.15) is 0 Å². The molecule has 1 heterocycles. The predicted octanol–water partition coefficient (Wildman–Crippen LogP) is -0.457. The van der Waals surface area contributed by atoms with Crippen LogP contribution >= 0.6 is 0 Å². The number of rotatable bonds is 4. The van der Waals surface area contributed by atoms with Gasteiger partial charge >= 0.3 is 0 Å². The molecule has 68 valence electrons. The Kier molecular flexibility index (Phi) is 2.59. The molecule has 4 heteroatoms. The Labute approximate surface area is 70.5 Å². The highest BCUT2D eigenvalue weighted by Gasteiger charge is 2.40. The van der Waals surface area contributed by atoms with E-state index in [4.69, 9.17) is 9.84 Å². The number of ether oxygens (including phenoxy) is 1. The van der Waals surface area contributed by atoms with Crippen LogP contribution in [0.1, 0.15) is 13.3 Å². The first-order valence-corrected chi connectivity index (χ1v) is 3.82. The van der Waals surface area contributed by atoms with Crippen molar-refractivity contribution in [3.05, 3.63) is 0 Å². The van der Waals surface area contributed by atoms with E-state index in [1.54, 1.807) is 0 Å². The quantitative estimate of drug-likeness (QED) is 0.583. The second-order valence-corrected chi connectivity index (χ2v) is 3.31. The van der Waals surface area contributed by atoms with Gasteiger partial charge in [0.25, 0.3) is 0 Å². The fraction of sp³-hybridized carbons (Fsp3) is 0.750. The van der Waals surface area contributed by atoms with Crippen LogP contribution in [0.2, 0.25) is 0 Å². The van der Waals surface area contributed by atoms with Crippen LogP contribution in [0.25, 0.3) is 0 Å². The third-order valence-corrected chi connectivity index (χ3v) is 2.08. The minimum Gasteiger partial charge on any atom is -0.396 e. The molecule has 1 fully saturated rings. The Balaban J connectivity index is 2.48. The summed E-state index contributed by atoms with van der Waals surface area (Å²) in [4.78, 5) is 21.6. The van der Waals surface area contributed by atoms with E-state index >= 15 is 0 Å². The molecule has 4 nitrogen and oxygen atoms in total. The van der Waals surface area contributed by atoms with Crippen LogP contribution in [0.15, 0.2) is 0 Å². The molecule has 1 aliphatic heterocycles. The van der Waals surface area contributed by atoms with Gasteiger partial charge in [-0.25, -0.2) is 0 Å². The van der Waals surface area contributed by atoms with Crippen molar-refractivity contribution in [2.75, 3.05) is 19.8 Å². The molecule has 0 aromatic rings. The third-order valence-electron chi connectivity index (χ3n) is 2.08. The van der Waals surface area contributed by atoms with Crippen LogP contribution in [0.3, 0.4) is 0 Å². The summed E-state index contributed by atoms with van der Waals surface area (Å²) in [6.07, 6.45) is 0.110. The summed E-state index contributed by atoms with van der Waals surface area (Å²) < 4.78 is 4.89. The lowest BCUT2D eigenvalue weighted by molar-refractivity contribution is -0.156. The summed E-state index contributed by atoms with van der Waals surface area (Å²) in [5, 5.41) is 8.92. The zero-order valence-corrected chi connectivity index (χ0v) is 7.00. The van der Waals surface area contributed by atoms with Crippen LogP contribution in [-0.4, -0.2) is 36.5 Å². The number of carbonyl (C=O) groups excluding carboxylic acids is 2. The molecule has 0 unspecified atom stereocenters. The molecule has 0 radical (unpaired) electrons. The number of aliphatic hydroxyl groups excluding tert-OH is 1. The maximum Gasteiger partial charge on any atom is 0.198 e. The largest absolute Gasteiger partial charge is 0.396 e. The highest BCUT2D eigenvalue weighted by molar-refractivity contribution is 6.36. The van der Waals surface area contributed by atoms with Crippen molar-refractivity contribution in [3.8, 4) is 0 Å². The lowest BCUT2D eigenvalue weighted by Gasteiger charge is -2.39. The number of Topliss-reactive ketones (excluding diaryl/α,β-unsaturated/α-hetero) is 2. The Morgan fingerprint density at radius 1 is 1.50 bits per heavy atom. The molecule has 1 saturated heterocycles. The molecular weight excluding hydrogens is 160 g/mol. The summed E-state index contributed by atoms with van der Waals surface area (Å²) >= 11 is 0. The van der Waals surface area contributed by atoms with Crippen LogP contribution < -0.4 is 0 Å². The van der Waals surface area contributed by atoms with E-state index in [1.165, 1.54) is 6.92 Å². The molecule has 0 atom stereocenters. The topological polar surface area (TPSA) is 63.6 Å². The van der Waals surface area contributed by atoms with Gasteiger partial charge in [0.2, 0.25) is 0 Å². The molecular formula is C8H12O4. The average Bonchev–Trinajstić information content (AvgIpc) is 1.96. The van der Waals surface area contributed by atoms with Crippen molar-refractivity contribution in [1.29, 1.82) is 0 Å². The summed E-state index contributed by atoms with van der Waals surface area (Å²) in [7, 11) is 0. The molecule has 0 aliphatic carbocycles. The van der Waals surface area contributed by atoms with Crippen molar-refractivity contribution in [1.82, 2.24) is 0 Å². The van der Waals surface area contributed by atoms with E-state index in [1.807, 2.05) is 0 Å². The monoisotopic (exact) mass is 172 g/mol. The Morgan fingerprint density at radius 3 is 2.33 bits per heavy atom. The molecule has 0 spiro atoms. The molecule has 0 bridgehead atoms. The van der Waals surface area contributed by atoms with Gasteiger partial charge < -0.3 is 9.84 Å². The zero-order chi connectivity index (χ0) is 9.19. The standard InChI is InChI=1S/C8H12O4/c1-6(10)7(11)2-8(3-9)4-12-5-8/h9H,2-5H2,1H3. The fourth-order valence-corrected chi connectivity index (χ4v) is 1.11. The van der Waals surface area contributed by atoms with Gasteiger partial charge in [0.05, 0.1) is 19.8 Å². The average molecular weight is 172 g/mol. The lowest BCUT2D eigenvalue weighted by Crippen LogP contribution is -2.47. The lowest BCUT2D eigenvalue weighted by atomic mass is 9.81. The second kappa shape index (κ2) is 3.33.